The van der Waals surface area contributed by atoms with Crippen molar-refractivity contribution in [3.05, 3.63) is 224 Å². The molecule has 0 atom stereocenters. The lowest BCUT2D eigenvalue weighted by molar-refractivity contribution is 1.18. The van der Waals surface area contributed by atoms with Gasteiger partial charge >= 0.3 is 0 Å². The first-order valence-corrected chi connectivity index (χ1v) is 19.5. The third-order valence-electron chi connectivity index (χ3n) is 11.3. The molecule has 3 heteroatoms. The second kappa shape index (κ2) is 13.6. The summed E-state index contributed by atoms with van der Waals surface area (Å²) in [7, 11) is 0. The zero-order chi connectivity index (χ0) is 37.7. The van der Waals surface area contributed by atoms with Gasteiger partial charge < -0.3 is 14.0 Å². The number of hydrogen-bond acceptors (Lipinski definition) is 1. The molecule has 0 bridgehead atoms. The molecule has 0 saturated carbocycles. The van der Waals surface area contributed by atoms with Crippen LogP contribution in [0.15, 0.2) is 224 Å². The number of fused-ring (bicyclic) bond motifs is 6. The predicted octanol–water partition coefficient (Wildman–Crippen LogP) is 14.7. The molecule has 0 N–H and O–H groups in total. The molecule has 0 fully saturated rings. The van der Waals surface area contributed by atoms with Crippen LogP contribution < -0.4 is 4.90 Å². The topological polar surface area (TPSA) is 13.1 Å². The molecule has 9 aromatic carbocycles. The highest BCUT2D eigenvalue weighted by Gasteiger charge is 2.18. The minimum absolute atomic E-state index is 1.10. The van der Waals surface area contributed by atoms with E-state index in [1.54, 1.807) is 0 Å². The minimum atomic E-state index is 1.10. The fraction of sp³-hybridized carbons (Fsp3) is 0. The standard InChI is InChI=1S/C54H37N3/c1-4-14-38(15-5-1)39-24-31-45(32-25-39)57-52-23-13-11-21-48(52)50-37-46(33-35-54(50)57)55(42-16-6-2-7-17-42)44-29-26-40(27-30-44)41-28-34-53-49(36-41)47-20-10-12-22-51(47)56(53)43-18-8-3-9-19-43/h1-37H. The maximum absolute atomic E-state index is 2.39. The lowest BCUT2D eigenvalue weighted by Crippen LogP contribution is -2.09. The molecular formula is C54H37N3. The number of anilines is 3. The van der Waals surface area contributed by atoms with Gasteiger partial charge in [0.15, 0.2) is 0 Å². The van der Waals surface area contributed by atoms with Crippen LogP contribution in [0, 0.1) is 0 Å². The van der Waals surface area contributed by atoms with Crippen molar-refractivity contribution in [2.45, 2.75) is 0 Å². The van der Waals surface area contributed by atoms with Gasteiger partial charge in [-0.1, -0.05) is 133 Å². The number of para-hydroxylation sites is 4. The summed E-state index contributed by atoms with van der Waals surface area (Å²) in [6.07, 6.45) is 0. The van der Waals surface area contributed by atoms with E-state index >= 15 is 0 Å². The van der Waals surface area contributed by atoms with Crippen molar-refractivity contribution in [1.82, 2.24) is 9.13 Å². The summed E-state index contributed by atoms with van der Waals surface area (Å²) in [5, 5.41) is 4.96. The Morgan fingerprint density at radius 3 is 1.30 bits per heavy atom. The quantitative estimate of drug-likeness (QED) is 0.159. The first-order valence-electron chi connectivity index (χ1n) is 19.5. The molecule has 3 nitrogen and oxygen atoms in total. The van der Waals surface area contributed by atoms with Crippen LogP contribution in [0.25, 0.3) is 77.2 Å². The molecule has 2 heterocycles. The van der Waals surface area contributed by atoms with E-state index in [0.717, 1.165) is 22.7 Å². The Morgan fingerprint density at radius 1 is 0.246 bits per heavy atom. The normalized spacial score (nSPS) is 11.5. The Bertz CT molecular complexity index is 3200. The average molecular weight is 728 g/mol. The highest BCUT2D eigenvalue weighted by atomic mass is 15.1. The SMILES string of the molecule is c1ccc(-c2ccc(-n3c4ccccc4c4cc(N(c5ccccc5)c5ccc(-c6ccc7c(c6)c6ccccc6n7-c6ccccc6)cc5)ccc43)cc2)cc1. The lowest BCUT2D eigenvalue weighted by Gasteiger charge is -2.26. The van der Waals surface area contributed by atoms with Crippen molar-refractivity contribution in [2.24, 2.45) is 0 Å². The van der Waals surface area contributed by atoms with Crippen LogP contribution >= 0.6 is 0 Å². The number of aromatic nitrogens is 2. The summed E-state index contributed by atoms with van der Waals surface area (Å²) in [4.78, 5) is 2.36. The molecule has 0 spiro atoms. The molecule has 0 aliphatic carbocycles. The van der Waals surface area contributed by atoms with Crippen molar-refractivity contribution in [3.8, 4) is 33.6 Å². The smallest absolute Gasteiger partial charge is 0.0542 e. The monoisotopic (exact) mass is 727 g/mol. The molecule has 0 saturated heterocycles. The van der Waals surface area contributed by atoms with Crippen LogP contribution in [0.1, 0.15) is 0 Å². The number of benzene rings is 9. The van der Waals surface area contributed by atoms with Gasteiger partial charge in [-0.15, -0.1) is 0 Å². The molecule has 57 heavy (non-hydrogen) atoms. The van der Waals surface area contributed by atoms with E-state index in [1.165, 1.54) is 71.6 Å². The van der Waals surface area contributed by atoms with Gasteiger partial charge in [0.1, 0.15) is 0 Å². The average Bonchev–Trinajstić information content (AvgIpc) is 3.80. The largest absolute Gasteiger partial charge is 0.310 e. The van der Waals surface area contributed by atoms with E-state index in [0.29, 0.717) is 0 Å². The van der Waals surface area contributed by atoms with Gasteiger partial charge in [-0.25, -0.2) is 0 Å². The molecular weight excluding hydrogens is 691 g/mol. The van der Waals surface area contributed by atoms with Crippen molar-refractivity contribution in [3.63, 3.8) is 0 Å². The van der Waals surface area contributed by atoms with Crippen molar-refractivity contribution >= 4 is 60.7 Å². The lowest BCUT2D eigenvalue weighted by atomic mass is 10.0. The van der Waals surface area contributed by atoms with Gasteiger partial charge in [0, 0.05) is 50.0 Å². The number of nitrogens with zero attached hydrogens (tertiary/aromatic N) is 3. The van der Waals surface area contributed by atoms with E-state index in [1.807, 2.05) is 0 Å². The Labute approximate surface area is 331 Å². The van der Waals surface area contributed by atoms with Crippen LogP contribution in [-0.4, -0.2) is 9.13 Å². The highest BCUT2D eigenvalue weighted by molar-refractivity contribution is 6.12. The molecule has 2 aromatic heterocycles. The second-order valence-corrected chi connectivity index (χ2v) is 14.6. The molecule has 268 valence electrons. The van der Waals surface area contributed by atoms with Gasteiger partial charge in [0.05, 0.1) is 22.1 Å². The maximum atomic E-state index is 2.39. The van der Waals surface area contributed by atoms with Gasteiger partial charge in [-0.3, -0.25) is 0 Å². The Kier molecular flexibility index (Phi) is 7.82. The van der Waals surface area contributed by atoms with Crippen molar-refractivity contribution < 1.29 is 0 Å². The third-order valence-corrected chi connectivity index (χ3v) is 11.3. The molecule has 0 aliphatic rings. The summed E-state index contributed by atoms with van der Waals surface area (Å²) in [5.41, 5.74) is 15.2. The van der Waals surface area contributed by atoms with Crippen LogP contribution in [0.5, 0.6) is 0 Å². The molecule has 11 rings (SSSR count). The summed E-state index contributed by atoms with van der Waals surface area (Å²) in [6.45, 7) is 0. The fourth-order valence-electron chi connectivity index (χ4n) is 8.65. The van der Waals surface area contributed by atoms with Crippen molar-refractivity contribution in [1.29, 1.82) is 0 Å². The fourth-order valence-corrected chi connectivity index (χ4v) is 8.65. The first-order chi connectivity index (χ1) is 28.3. The van der Waals surface area contributed by atoms with Gasteiger partial charge in [-0.2, -0.15) is 0 Å². The molecule has 11 aromatic rings. The molecule has 0 amide bonds. The Balaban J connectivity index is 0.995. The van der Waals surface area contributed by atoms with Crippen LogP contribution in [-0.2, 0) is 0 Å². The first kappa shape index (κ1) is 32.8. The Morgan fingerprint density at radius 2 is 0.649 bits per heavy atom. The molecule has 0 unspecified atom stereocenters. The van der Waals surface area contributed by atoms with Gasteiger partial charge in [0.2, 0.25) is 0 Å². The maximum Gasteiger partial charge on any atom is 0.0542 e. The second-order valence-electron chi connectivity index (χ2n) is 14.6. The van der Waals surface area contributed by atoms with Gasteiger partial charge in [-0.05, 0) is 113 Å². The van der Waals surface area contributed by atoms with Crippen molar-refractivity contribution in [2.75, 3.05) is 4.90 Å². The van der Waals surface area contributed by atoms with Crippen LogP contribution in [0.4, 0.5) is 17.1 Å². The summed E-state index contributed by atoms with van der Waals surface area (Å²) in [6, 6.07) is 81.0. The van der Waals surface area contributed by atoms with E-state index < -0.39 is 0 Å². The minimum Gasteiger partial charge on any atom is -0.310 e. The zero-order valence-corrected chi connectivity index (χ0v) is 31.2. The van der Waals surface area contributed by atoms with E-state index in [2.05, 4.69) is 238 Å². The van der Waals surface area contributed by atoms with Gasteiger partial charge in [0.25, 0.3) is 0 Å². The molecule has 0 radical (unpaired) electrons. The van der Waals surface area contributed by atoms with Crippen LogP contribution in [0.2, 0.25) is 0 Å². The summed E-state index contributed by atoms with van der Waals surface area (Å²) < 4.78 is 4.75. The van der Waals surface area contributed by atoms with E-state index in [4.69, 9.17) is 0 Å². The Hall–Kier alpha value is -7.62. The van der Waals surface area contributed by atoms with Crippen LogP contribution in [0.3, 0.4) is 0 Å². The summed E-state index contributed by atoms with van der Waals surface area (Å²) in [5.74, 6) is 0. The number of hydrogen-bond donors (Lipinski definition) is 0. The van der Waals surface area contributed by atoms with E-state index in [9.17, 15) is 0 Å². The highest BCUT2D eigenvalue weighted by Crippen LogP contribution is 2.41. The summed E-state index contributed by atoms with van der Waals surface area (Å²) >= 11 is 0. The zero-order valence-electron chi connectivity index (χ0n) is 31.2. The molecule has 0 aliphatic heterocycles. The third kappa shape index (κ3) is 5.60. The van der Waals surface area contributed by atoms with E-state index in [-0.39, 0.29) is 0 Å². The predicted molar refractivity (Wildman–Crippen MR) is 241 cm³/mol. The number of rotatable bonds is 7.